The van der Waals surface area contributed by atoms with E-state index in [9.17, 15) is 13.2 Å². The van der Waals surface area contributed by atoms with Crippen LogP contribution in [-0.4, -0.2) is 25.1 Å². The third-order valence-corrected chi connectivity index (χ3v) is 7.05. The fraction of sp³-hybridized carbons (Fsp3) is 0.333. The number of para-hydroxylation sites is 1. The zero-order valence-electron chi connectivity index (χ0n) is 16.6. The Labute approximate surface area is 175 Å². The molecule has 0 spiro atoms. The lowest BCUT2D eigenvalue weighted by Gasteiger charge is -2.14. The lowest BCUT2D eigenvalue weighted by Crippen LogP contribution is -2.18. The summed E-state index contributed by atoms with van der Waals surface area (Å²) in [4.78, 5) is 16.9. The highest BCUT2D eigenvalue weighted by atomic mass is 32.2. The van der Waals surface area contributed by atoms with E-state index in [0.717, 1.165) is 21.6 Å². The van der Waals surface area contributed by atoms with E-state index in [1.165, 1.54) is 0 Å². The van der Waals surface area contributed by atoms with E-state index in [-0.39, 0.29) is 11.7 Å². The SMILES string of the molecule is CCCS(=O)(=O)Nc1cccc(NC(=O)CCCc2nc3ccccc3s2)c1C. The summed E-state index contributed by atoms with van der Waals surface area (Å²) in [7, 11) is -3.38. The average molecular weight is 432 g/mol. The van der Waals surface area contributed by atoms with Crippen LogP contribution in [0.1, 0.15) is 36.8 Å². The Balaban J connectivity index is 1.56. The maximum absolute atomic E-state index is 12.4. The number of sulfonamides is 1. The van der Waals surface area contributed by atoms with Crippen LogP contribution in [0.2, 0.25) is 0 Å². The first kappa shape index (κ1) is 21.3. The van der Waals surface area contributed by atoms with E-state index in [2.05, 4.69) is 15.0 Å². The van der Waals surface area contributed by atoms with Crippen molar-refractivity contribution < 1.29 is 13.2 Å². The number of hydrogen-bond donors (Lipinski definition) is 2. The van der Waals surface area contributed by atoms with Crippen LogP contribution >= 0.6 is 11.3 Å². The molecule has 0 bridgehead atoms. The van der Waals surface area contributed by atoms with Gasteiger partial charge in [0.15, 0.2) is 0 Å². The van der Waals surface area contributed by atoms with E-state index in [1.807, 2.05) is 31.2 Å². The predicted molar refractivity (Wildman–Crippen MR) is 120 cm³/mol. The Morgan fingerprint density at radius 3 is 2.62 bits per heavy atom. The number of amides is 1. The van der Waals surface area contributed by atoms with Crippen LogP contribution in [0, 0.1) is 6.92 Å². The monoisotopic (exact) mass is 431 g/mol. The number of nitrogens with zero attached hydrogens (tertiary/aromatic N) is 1. The summed E-state index contributed by atoms with van der Waals surface area (Å²) < 4.78 is 27.8. The minimum absolute atomic E-state index is 0.0643. The molecule has 1 heterocycles. The minimum atomic E-state index is -3.38. The van der Waals surface area contributed by atoms with E-state index in [0.29, 0.717) is 36.2 Å². The number of fused-ring (bicyclic) bond motifs is 1. The molecule has 2 N–H and O–H groups in total. The quantitative estimate of drug-likeness (QED) is 0.513. The van der Waals surface area contributed by atoms with Crippen molar-refractivity contribution in [3.05, 3.63) is 53.0 Å². The van der Waals surface area contributed by atoms with Crippen LogP contribution in [0.5, 0.6) is 0 Å². The first-order chi connectivity index (χ1) is 13.9. The molecule has 3 rings (SSSR count). The molecule has 0 aliphatic heterocycles. The van der Waals surface area contributed by atoms with Crippen LogP contribution in [0.4, 0.5) is 11.4 Å². The number of benzene rings is 2. The Morgan fingerprint density at radius 2 is 1.86 bits per heavy atom. The van der Waals surface area contributed by atoms with Gasteiger partial charge in [0.05, 0.1) is 26.7 Å². The van der Waals surface area contributed by atoms with E-state index >= 15 is 0 Å². The molecular weight excluding hydrogens is 406 g/mol. The molecule has 0 unspecified atom stereocenters. The van der Waals surface area contributed by atoms with Crippen molar-refractivity contribution in [3.8, 4) is 0 Å². The van der Waals surface area contributed by atoms with Gasteiger partial charge in [0.2, 0.25) is 15.9 Å². The third-order valence-electron chi connectivity index (χ3n) is 4.48. The highest BCUT2D eigenvalue weighted by molar-refractivity contribution is 7.92. The van der Waals surface area contributed by atoms with E-state index < -0.39 is 10.0 Å². The third kappa shape index (κ3) is 5.77. The van der Waals surface area contributed by atoms with Crippen LogP contribution in [-0.2, 0) is 21.2 Å². The predicted octanol–water partition coefficient (Wildman–Crippen LogP) is 4.72. The largest absolute Gasteiger partial charge is 0.326 e. The number of aromatic nitrogens is 1. The molecule has 6 nitrogen and oxygen atoms in total. The average Bonchev–Trinajstić information content (AvgIpc) is 3.07. The molecular formula is C21H25N3O3S2. The zero-order chi connectivity index (χ0) is 20.9. The number of aryl methyl sites for hydroxylation is 1. The molecule has 0 radical (unpaired) electrons. The van der Waals surface area contributed by atoms with Crippen LogP contribution < -0.4 is 10.0 Å². The standard InChI is InChI=1S/C21H25N3O3S2/c1-3-14-29(26,27)24-17-10-6-9-16(15(17)2)22-20(25)12-7-13-21-23-18-8-4-5-11-19(18)28-21/h4-6,8-11,24H,3,7,12-14H2,1-2H3,(H,22,25). The Hall–Kier alpha value is -2.45. The van der Waals surface area contributed by atoms with Gasteiger partial charge in [-0.15, -0.1) is 11.3 Å². The molecule has 154 valence electrons. The van der Waals surface area contributed by atoms with Crippen molar-refractivity contribution in [2.75, 3.05) is 15.8 Å². The summed E-state index contributed by atoms with van der Waals surface area (Å²) in [6, 6.07) is 13.2. The molecule has 29 heavy (non-hydrogen) atoms. The molecule has 1 amide bonds. The van der Waals surface area contributed by atoms with Crippen molar-refractivity contribution >= 4 is 48.9 Å². The van der Waals surface area contributed by atoms with Crippen molar-refractivity contribution in [2.24, 2.45) is 0 Å². The first-order valence-corrected chi connectivity index (χ1v) is 12.1. The topological polar surface area (TPSA) is 88.2 Å². The second kappa shape index (κ2) is 9.37. The van der Waals surface area contributed by atoms with Gasteiger partial charge in [-0.25, -0.2) is 13.4 Å². The maximum Gasteiger partial charge on any atom is 0.232 e. The summed E-state index contributed by atoms with van der Waals surface area (Å²) in [5.74, 6) is -0.0304. The first-order valence-electron chi connectivity index (χ1n) is 9.62. The number of carbonyl (C=O) groups excluding carboxylic acids is 1. The number of hydrogen-bond acceptors (Lipinski definition) is 5. The number of carbonyl (C=O) groups is 1. The van der Waals surface area contributed by atoms with Crippen molar-refractivity contribution in [1.82, 2.24) is 4.98 Å². The molecule has 0 atom stereocenters. The van der Waals surface area contributed by atoms with Gasteiger partial charge < -0.3 is 5.32 Å². The van der Waals surface area contributed by atoms with Crippen LogP contribution in [0.3, 0.4) is 0 Å². The number of thiazole rings is 1. The second-order valence-electron chi connectivity index (χ2n) is 6.88. The fourth-order valence-electron chi connectivity index (χ4n) is 3.01. The Bertz CT molecular complexity index is 1070. The van der Waals surface area contributed by atoms with Gasteiger partial charge in [-0.2, -0.15) is 0 Å². The fourth-order valence-corrected chi connectivity index (χ4v) is 5.21. The van der Waals surface area contributed by atoms with Gasteiger partial charge in [-0.3, -0.25) is 9.52 Å². The molecule has 3 aromatic rings. The minimum Gasteiger partial charge on any atom is -0.326 e. The zero-order valence-corrected chi connectivity index (χ0v) is 18.2. The molecule has 0 saturated heterocycles. The summed E-state index contributed by atoms with van der Waals surface area (Å²) in [6.07, 6.45) is 2.37. The van der Waals surface area contributed by atoms with Crippen LogP contribution in [0.15, 0.2) is 42.5 Å². The van der Waals surface area contributed by atoms with Gasteiger partial charge in [-0.05, 0) is 56.0 Å². The molecule has 0 aliphatic rings. The summed E-state index contributed by atoms with van der Waals surface area (Å²) in [6.45, 7) is 3.61. The summed E-state index contributed by atoms with van der Waals surface area (Å²) in [5.41, 5.74) is 2.80. The molecule has 2 aromatic carbocycles. The molecule has 8 heteroatoms. The van der Waals surface area contributed by atoms with Gasteiger partial charge in [-0.1, -0.05) is 25.1 Å². The lowest BCUT2D eigenvalue weighted by molar-refractivity contribution is -0.116. The smallest absolute Gasteiger partial charge is 0.232 e. The Morgan fingerprint density at radius 1 is 1.10 bits per heavy atom. The van der Waals surface area contributed by atoms with Crippen molar-refractivity contribution in [1.29, 1.82) is 0 Å². The van der Waals surface area contributed by atoms with E-state index in [1.54, 1.807) is 36.5 Å². The van der Waals surface area contributed by atoms with Crippen molar-refractivity contribution in [2.45, 2.75) is 39.5 Å². The highest BCUT2D eigenvalue weighted by Gasteiger charge is 2.13. The van der Waals surface area contributed by atoms with Crippen LogP contribution in [0.25, 0.3) is 10.2 Å². The molecule has 1 aromatic heterocycles. The number of nitrogens with one attached hydrogen (secondary N) is 2. The molecule has 0 fully saturated rings. The van der Waals surface area contributed by atoms with Gasteiger partial charge in [0.25, 0.3) is 0 Å². The lowest BCUT2D eigenvalue weighted by atomic mass is 10.1. The van der Waals surface area contributed by atoms with Gasteiger partial charge in [0.1, 0.15) is 0 Å². The van der Waals surface area contributed by atoms with Gasteiger partial charge >= 0.3 is 0 Å². The maximum atomic E-state index is 12.4. The van der Waals surface area contributed by atoms with Crippen molar-refractivity contribution in [3.63, 3.8) is 0 Å². The number of anilines is 2. The molecule has 0 saturated carbocycles. The number of rotatable bonds is 9. The summed E-state index contributed by atoms with van der Waals surface area (Å²) in [5, 5.41) is 3.92. The second-order valence-corrected chi connectivity index (χ2v) is 9.83. The van der Waals surface area contributed by atoms with Gasteiger partial charge in [0, 0.05) is 12.1 Å². The van der Waals surface area contributed by atoms with E-state index in [4.69, 9.17) is 0 Å². The molecule has 0 aliphatic carbocycles. The highest BCUT2D eigenvalue weighted by Crippen LogP contribution is 2.25. The summed E-state index contributed by atoms with van der Waals surface area (Å²) >= 11 is 1.66. The Kier molecular flexibility index (Phi) is 6.87. The normalized spacial score (nSPS) is 11.5.